The quantitative estimate of drug-likeness (QED) is 0.533. The van der Waals surface area contributed by atoms with E-state index in [1.165, 1.54) is 0 Å². The average Bonchev–Trinajstić information content (AvgIpc) is 3.02. The molecular weight excluding hydrogens is 403 g/mol. The van der Waals surface area contributed by atoms with Crippen LogP contribution in [0.15, 0.2) is 10.4 Å². The molecule has 0 radical (unpaired) electrons. The van der Waals surface area contributed by atoms with Gasteiger partial charge >= 0.3 is 15.5 Å². The molecule has 2 rings (SSSR count). The second kappa shape index (κ2) is 9.20. The lowest BCUT2D eigenvalue weighted by Gasteiger charge is -2.31. The molecule has 27 heavy (non-hydrogen) atoms. The summed E-state index contributed by atoms with van der Waals surface area (Å²) >= 11 is 1.60. The monoisotopic (exact) mass is 427 g/mol. The summed E-state index contributed by atoms with van der Waals surface area (Å²) < 4.78 is 61.1. The van der Waals surface area contributed by atoms with E-state index in [0.29, 0.717) is 36.2 Å². The number of halogens is 3. The number of guanidine groups is 1. The van der Waals surface area contributed by atoms with Crippen molar-refractivity contribution in [3.05, 3.63) is 16.1 Å². The standard InChI is InChI=1S/C15H24F3N5O2S2/c1-11-22-13(10-26-11)3-6-20-14(19-2)21-9-12-4-7-23(8-5-12)27(24,25)15(16,17)18/h10,12H,3-9H2,1-2H3,(H2,19,20,21). The van der Waals surface area contributed by atoms with Gasteiger partial charge in [0.2, 0.25) is 0 Å². The van der Waals surface area contributed by atoms with E-state index in [1.807, 2.05) is 12.3 Å². The molecule has 0 spiro atoms. The predicted octanol–water partition coefficient (Wildman–Crippen LogP) is 1.72. The molecule has 0 amide bonds. The fourth-order valence-electron chi connectivity index (χ4n) is 2.79. The molecule has 1 aromatic heterocycles. The highest BCUT2D eigenvalue weighted by Crippen LogP contribution is 2.30. The molecule has 1 saturated heterocycles. The number of rotatable bonds is 6. The molecule has 12 heteroatoms. The fraction of sp³-hybridized carbons (Fsp3) is 0.733. The summed E-state index contributed by atoms with van der Waals surface area (Å²) in [5.41, 5.74) is -4.22. The summed E-state index contributed by atoms with van der Waals surface area (Å²) in [5, 5.41) is 9.34. The molecule has 0 unspecified atom stereocenters. The van der Waals surface area contributed by atoms with Gasteiger partial charge in [0.15, 0.2) is 5.96 Å². The maximum Gasteiger partial charge on any atom is 0.511 e. The van der Waals surface area contributed by atoms with E-state index < -0.39 is 15.5 Å². The van der Waals surface area contributed by atoms with Crippen molar-refractivity contribution >= 4 is 27.3 Å². The van der Waals surface area contributed by atoms with Gasteiger partial charge in [0, 0.05) is 45.0 Å². The summed E-state index contributed by atoms with van der Waals surface area (Å²) in [7, 11) is -3.58. The zero-order valence-corrected chi connectivity index (χ0v) is 16.8. The topological polar surface area (TPSA) is 86.7 Å². The van der Waals surface area contributed by atoms with Crippen LogP contribution in [0.1, 0.15) is 23.5 Å². The van der Waals surface area contributed by atoms with E-state index in [4.69, 9.17) is 0 Å². The van der Waals surface area contributed by atoms with Crippen molar-refractivity contribution in [3.63, 3.8) is 0 Å². The summed E-state index contributed by atoms with van der Waals surface area (Å²) in [5.74, 6) is 0.691. The molecule has 1 aliphatic heterocycles. The Morgan fingerprint density at radius 2 is 2.04 bits per heavy atom. The van der Waals surface area contributed by atoms with Gasteiger partial charge < -0.3 is 10.6 Å². The Bertz CT molecular complexity index is 741. The number of aryl methyl sites for hydroxylation is 1. The summed E-state index contributed by atoms with van der Waals surface area (Å²) in [6.45, 7) is 2.89. The molecule has 1 aromatic rings. The van der Waals surface area contributed by atoms with Crippen LogP contribution in [0.25, 0.3) is 0 Å². The minimum atomic E-state index is -5.24. The maximum absolute atomic E-state index is 12.6. The van der Waals surface area contributed by atoms with Gasteiger partial charge in [-0.2, -0.15) is 17.5 Å². The predicted molar refractivity (Wildman–Crippen MR) is 99.2 cm³/mol. The van der Waals surface area contributed by atoms with Crippen LogP contribution in [0.4, 0.5) is 13.2 Å². The lowest BCUT2D eigenvalue weighted by molar-refractivity contribution is -0.0496. The van der Waals surface area contributed by atoms with Crippen molar-refractivity contribution in [3.8, 4) is 0 Å². The van der Waals surface area contributed by atoms with E-state index in [1.54, 1.807) is 18.4 Å². The first-order valence-corrected chi connectivity index (χ1v) is 10.9. The Hall–Kier alpha value is -1.40. The molecular formula is C15H24F3N5O2S2. The Balaban J connectivity index is 1.72. The van der Waals surface area contributed by atoms with Crippen LogP contribution in [0, 0.1) is 12.8 Å². The smallest absolute Gasteiger partial charge is 0.356 e. The number of nitrogens with zero attached hydrogens (tertiary/aromatic N) is 3. The zero-order chi connectivity index (χ0) is 20.1. The number of piperidine rings is 1. The number of hydrogen-bond acceptors (Lipinski definition) is 5. The van der Waals surface area contributed by atoms with Gasteiger partial charge in [0.05, 0.1) is 10.7 Å². The normalized spacial score (nSPS) is 17.9. The average molecular weight is 428 g/mol. The van der Waals surface area contributed by atoms with Crippen molar-refractivity contribution in [1.29, 1.82) is 0 Å². The SMILES string of the molecule is CN=C(NCCc1csc(C)n1)NCC1CCN(S(=O)(=O)C(F)(F)F)CC1. The van der Waals surface area contributed by atoms with E-state index in [0.717, 1.165) is 17.1 Å². The van der Waals surface area contributed by atoms with Crippen molar-refractivity contribution in [2.45, 2.75) is 31.7 Å². The summed E-state index contributed by atoms with van der Waals surface area (Å²) in [6, 6.07) is 0. The van der Waals surface area contributed by atoms with Gasteiger partial charge in [-0.15, -0.1) is 11.3 Å². The Morgan fingerprint density at radius 1 is 1.37 bits per heavy atom. The highest BCUT2D eigenvalue weighted by Gasteiger charge is 2.50. The Labute approximate surface area is 161 Å². The van der Waals surface area contributed by atoms with Gasteiger partial charge in [-0.05, 0) is 25.7 Å². The van der Waals surface area contributed by atoms with Gasteiger partial charge in [0.25, 0.3) is 0 Å². The third-order valence-electron chi connectivity index (χ3n) is 4.33. The first-order valence-electron chi connectivity index (χ1n) is 8.55. The van der Waals surface area contributed by atoms with Gasteiger partial charge in [-0.25, -0.2) is 13.4 Å². The minimum Gasteiger partial charge on any atom is -0.356 e. The van der Waals surface area contributed by atoms with Crippen molar-refractivity contribution in [1.82, 2.24) is 19.9 Å². The first-order chi connectivity index (χ1) is 12.6. The van der Waals surface area contributed by atoms with Gasteiger partial charge in [-0.1, -0.05) is 0 Å². The largest absolute Gasteiger partial charge is 0.511 e. The molecule has 0 aliphatic carbocycles. The third kappa shape index (κ3) is 6.04. The molecule has 1 fully saturated rings. The second-order valence-corrected chi connectivity index (χ2v) is 9.27. The molecule has 154 valence electrons. The highest BCUT2D eigenvalue weighted by molar-refractivity contribution is 7.90. The molecule has 2 N–H and O–H groups in total. The number of thiazole rings is 1. The molecule has 2 heterocycles. The Morgan fingerprint density at radius 3 is 2.56 bits per heavy atom. The number of nitrogens with one attached hydrogen (secondary N) is 2. The number of alkyl halides is 3. The molecule has 1 aliphatic rings. The second-order valence-electron chi connectivity index (χ2n) is 6.28. The van der Waals surface area contributed by atoms with Crippen molar-refractivity contribution < 1.29 is 21.6 Å². The zero-order valence-electron chi connectivity index (χ0n) is 15.2. The molecule has 0 bridgehead atoms. The number of sulfonamides is 1. The molecule has 0 saturated carbocycles. The number of aromatic nitrogens is 1. The van der Waals surface area contributed by atoms with Crippen LogP contribution in [0.5, 0.6) is 0 Å². The minimum absolute atomic E-state index is 0.0874. The maximum atomic E-state index is 12.6. The van der Waals surface area contributed by atoms with Crippen LogP contribution in [-0.2, 0) is 16.4 Å². The van der Waals surface area contributed by atoms with Crippen molar-refractivity contribution in [2.75, 3.05) is 33.2 Å². The molecule has 0 atom stereocenters. The van der Waals surface area contributed by atoms with Crippen LogP contribution >= 0.6 is 11.3 Å². The lowest BCUT2D eigenvalue weighted by atomic mass is 9.98. The van der Waals surface area contributed by atoms with Gasteiger partial charge in [0.1, 0.15) is 0 Å². The third-order valence-corrected chi connectivity index (χ3v) is 6.78. The van der Waals surface area contributed by atoms with E-state index in [9.17, 15) is 21.6 Å². The molecule has 0 aromatic carbocycles. The first kappa shape index (κ1) is 21.9. The van der Waals surface area contributed by atoms with E-state index in [2.05, 4.69) is 20.6 Å². The van der Waals surface area contributed by atoms with Gasteiger partial charge in [-0.3, -0.25) is 4.99 Å². The Kier molecular flexibility index (Phi) is 7.46. The number of hydrogen-bond donors (Lipinski definition) is 2. The summed E-state index contributed by atoms with van der Waals surface area (Å²) in [4.78, 5) is 8.50. The highest BCUT2D eigenvalue weighted by atomic mass is 32.2. The molecule has 7 nitrogen and oxygen atoms in total. The van der Waals surface area contributed by atoms with E-state index >= 15 is 0 Å². The van der Waals surface area contributed by atoms with E-state index in [-0.39, 0.29) is 19.0 Å². The van der Waals surface area contributed by atoms with Crippen LogP contribution in [0.2, 0.25) is 0 Å². The van der Waals surface area contributed by atoms with Crippen molar-refractivity contribution in [2.24, 2.45) is 10.9 Å². The lowest BCUT2D eigenvalue weighted by Crippen LogP contribution is -2.47. The summed E-state index contributed by atoms with van der Waals surface area (Å²) in [6.07, 6.45) is 1.51. The van der Waals surface area contributed by atoms with Crippen LogP contribution in [0.3, 0.4) is 0 Å². The van der Waals surface area contributed by atoms with Crippen LogP contribution in [-0.4, -0.2) is 62.4 Å². The fourth-order valence-corrected chi connectivity index (χ4v) is 4.43. The van der Waals surface area contributed by atoms with Crippen LogP contribution < -0.4 is 10.6 Å². The number of aliphatic imine (C=N–C) groups is 1.